The van der Waals surface area contributed by atoms with E-state index in [-0.39, 0.29) is 16.2 Å². The first-order valence-electron chi connectivity index (χ1n) is 13.5. The van der Waals surface area contributed by atoms with E-state index in [0.29, 0.717) is 34.5 Å². The Kier molecular flexibility index (Phi) is 6.07. The highest BCUT2D eigenvalue weighted by Gasteiger charge is 2.63. The van der Waals surface area contributed by atoms with E-state index in [0.717, 1.165) is 25.7 Å². The lowest BCUT2D eigenvalue weighted by molar-refractivity contribution is -0.139. The summed E-state index contributed by atoms with van der Waals surface area (Å²) in [4.78, 5) is 23.9. The molecule has 3 heteroatoms. The lowest BCUT2D eigenvalue weighted by Gasteiger charge is -2.61. The first-order chi connectivity index (χ1) is 15.3. The van der Waals surface area contributed by atoms with Crippen molar-refractivity contribution in [1.82, 2.24) is 0 Å². The molecule has 1 N–H and O–H groups in total. The number of Topliss-reactive ketones (excluding diaryl/α,β-unsaturated/α-hetero) is 1. The van der Waals surface area contributed by atoms with Crippen LogP contribution >= 0.6 is 0 Å². The van der Waals surface area contributed by atoms with Gasteiger partial charge in [-0.2, -0.15) is 0 Å². The standard InChI is InChI=1S/C30H46O3/c1-19(9-8-10-20(2)26(32)33)21-13-17-30(7)23-11-12-24-27(3,4)25(31)15-16-28(24,5)22(23)14-18-29(21,30)6/h10,19,21,24H,8-9,11-18H2,1-7H3,(H,32,33)/b20-10-/t19-,21?,24?,28-,29+,30-/m1/s1. The molecule has 0 spiro atoms. The lowest BCUT2D eigenvalue weighted by atomic mass is 9.43. The summed E-state index contributed by atoms with van der Waals surface area (Å²) in [5.41, 5.74) is 4.58. The smallest absolute Gasteiger partial charge is 0.330 e. The Morgan fingerprint density at radius 1 is 1.03 bits per heavy atom. The van der Waals surface area contributed by atoms with Crippen molar-refractivity contribution in [2.45, 2.75) is 113 Å². The predicted molar refractivity (Wildman–Crippen MR) is 134 cm³/mol. The van der Waals surface area contributed by atoms with Crippen LogP contribution in [-0.4, -0.2) is 16.9 Å². The molecule has 33 heavy (non-hydrogen) atoms. The highest BCUT2D eigenvalue weighted by atomic mass is 16.4. The summed E-state index contributed by atoms with van der Waals surface area (Å²) in [6, 6.07) is 0. The minimum atomic E-state index is -0.800. The molecule has 4 rings (SSSR count). The average Bonchev–Trinajstić information content (AvgIpc) is 3.02. The molecule has 0 heterocycles. The van der Waals surface area contributed by atoms with Crippen LogP contribution in [0.4, 0.5) is 0 Å². The maximum absolute atomic E-state index is 12.8. The van der Waals surface area contributed by atoms with Crippen LogP contribution in [-0.2, 0) is 9.59 Å². The van der Waals surface area contributed by atoms with Gasteiger partial charge in [-0.25, -0.2) is 4.79 Å². The molecule has 6 atom stereocenters. The Morgan fingerprint density at radius 2 is 1.73 bits per heavy atom. The monoisotopic (exact) mass is 454 g/mol. The Hall–Kier alpha value is -1.38. The maximum atomic E-state index is 12.8. The third kappa shape index (κ3) is 3.50. The molecule has 0 aliphatic heterocycles. The fourth-order valence-corrected chi connectivity index (χ4v) is 9.29. The molecule has 0 bridgehead atoms. The molecule has 2 saturated carbocycles. The van der Waals surface area contributed by atoms with Crippen molar-refractivity contribution in [3.63, 3.8) is 0 Å². The average molecular weight is 455 g/mol. The quantitative estimate of drug-likeness (QED) is 0.341. The van der Waals surface area contributed by atoms with Crippen molar-refractivity contribution in [1.29, 1.82) is 0 Å². The summed E-state index contributed by atoms with van der Waals surface area (Å²) >= 11 is 0. The molecule has 0 saturated heterocycles. The molecule has 3 nitrogen and oxygen atoms in total. The third-order valence-electron chi connectivity index (χ3n) is 11.7. The number of aliphatic carboxylic acids is 1. The van der Waals surface area contributed by atoms with E-state index in [1.54, 1.807) is 18.1 Å². The summed E-state index contributed by atoms with van der Waals surface area (Å²) in [5.74, 6) is 1.47. The third-order valence-corrected chi connectivity index (χ3v) is 11.7. The summed E-state index contributed by atoms with van der Waals surface area (Å²) in [7, 11) is 0. The lowest BCUT2D eigenvalue weighted by Crippen LogP contribution is -2.53. The normalized spacial score (nSPS) is 41.3. The molecule has 0 radical (unpaired) electrons. The van der Waals surface area contributed by atoms with E-state index in [2.05, 4.69) is 41.5 Å². The summed E-state index contributed by atoms with van der Waals surface area (Å²) < 4.78 is 0. The zero-order valence-electron chi connectivity index (χ0n) is 22.1. The molecule has 0 aromatic heterocycles. The van der Waals surface area contributed by atoms with Gasteiger partial charge in [0.2, 0.25) is 0 Å². The van der Waals surface area contributed by atoms with Crippen LogP contribution in [0.25, 0.3) is 0 Å². The number of carbonyl (C=O) groups excluding carboxylic acids is 1. The van der Waals surface area contributed by atoms with Crippen LogP contribution in [0.15, 0.2) is 22.8 Å². The second-order valence-electron chi connectivity index (χ2n) is 13.3. The Morgan fingerprint density at radius 3 is 2.39 bits per heavy atom. The van der Waals surface area contributed by atoms with E-state index in [4.69, 9.17) is 5.11 Å². The van der Waals surface area contributed by atoms with Gasteiger partial charge in [-0.15, -0.1) is 0 Å². The van der Waals surface area contributed by atoms with Crippen LogP contribution in [0, 0.1) is 39.4 Å². The Labute approximate surface area is 201 Å². The number of allylic oxidation sites excluding steroid dienone is 3. The molecule has 2 fully saturated rings. The number of hydrogen-bond donors (Lipinski definition) is 1. The zero-order valence-corrected chi connectivity index (χ0v) is 22.1. The van der Waals surface area contributed by atoms with Crippen LogP contribution in [0.2, 0.25) is 0 Å². The molecular weight excluding hydrogens is 408 g/mol. The second-order valence-corrected chi connectivity index (χ2v) is 13.3. The van der Waals surface area contributed by atoms with Gasteiger partial charge in [0.25, 0.3) is 0 Å². The fourth-order valence-electron chi connectivity index (χ4n) is 9.29. The molecular formula is C30H46O3. The van der Waals surface area contributed by atoms with E-state index < -0.39 is 5.97 Å². The minimum Gasteiger partial charge on any atom is -0.478 e. The Bertz CT molecular complexity index is 908. The van der Waals surface area contributed by atoms with Gasteiger partial charge in [-0.05, 0) is 98.7 Å². The maximum Gasteiger partial charge on any atom is 0.330 e. The van der Waals surface area contributed by atoms with Gasteiger partial charge in [0.05, 0.1) is 0 Å². The second kappa shape index (κ2) is 8.09. The first-order valence-corrected chi connectivity index (χ1v) is 13.5. The number of hydrogen-bond acceptors (Lipinski definition) is 2. The molecule has 0 aromatic carbocycles. The van der Waals surface area contributed by atoms with E-state index in [1.807, 2.05) is 6.08 Å². The largest absolute Gasteiger partial charge is 0.478 e. The number of ketones is 1. The Balaban J connectivity index is 1.61. The van der Waals surface area contributed by atoms with Crippen molar-refractivity contribution in [3.05, 3.63) is 22.8 Å². The van der Waals surface area contributed by atoms with Gasteiger partial charge in [0, 0.05) is 17.4 Å². The predicted octanol–water partition coefficient (Wildman–Crippen LogP) is 7.75. The van der Waals surface area contributed by atoms with Crippen molar-refractivity contribution >= 4 is 11.8 Å². The first kappa shape index (κ1) is 24.7. The van der Waals surface area contributed by atoms with Crippen molar-refractivity contribution in [2.75, 3.05) is 0 Å². The number of fused-ring (bicyclic) bond motifs is 4. The van der Waals surface area contributed by atoms with Crippen LogP contribution < -0.4 is 0 Å². The molecule has 2 unspecified atom stereocenters. The van der Waals surface area contributed by atoms with E-state index >= 15 is 0 Å². The van der Waals surface area contributed by atoms with Crippen LogP contribution in [0.5, 0.6) is 0 Å². The highest BCUT2D eigenvalue weighted by Crippen LogP contribution is 2.72. The summed E-state index contributed by atoms with van der Waals surface area (Å²) in [6.07, 6.45) is 13.0. The molecule has 184 valence electrons. The molecule has 0 aromatic rings. The van der Waals surface area contributed by atoms with Gasteiger partial charge >= 0.3 is 5.97 Å². The minimum absolute atomic E-state index is 0.193. The van der Waals surface area contributed by atoms with E-state index in [1.165, 1.54) is 38.5 Å². The number of rotatable bonds is 5. The van der Waals surface area contributed by atoms with Gasteiger partial charge in [0.1, 0.15) is 5.78 Å². The SMILES string of the molecule is C/C(=C/CC[C@@H](C)C1CC[C@]2(C)C3=C(CC[C@@]12C)[C@@]1(C)CCC(=O)C(C)(C)C1CC3)C(=O)O. The number of carboxylic acid groups (broad SMARTS) is 1. The summed E-state index contributed by atoms with van der Waals surface area (Å²) in [6.45, 7) is 16.2. The molecule has 0 amide bonds. The van der Waals surface area contributed by atoms with Gasteiger partial charge in [-0.3, -0.25) is 4.79 Å². The number of carboxylic acids is 1. The van der Waals surface area contributed by atoms with Crippen LogP contribution in [0.1, 0.15) is 113 Å². The van der Waals surface area contributed by atoms with Gasteiger partial charge < -0.3 is 5.11 Å². The molecule has 4 aliphatic carbocycles. The number of carbonyl (C=O) groups is 2. The zero-order chi connectivity index (χ0) is 24.4. The van der Waals surface area contributed by atoms with Crippen molar-refractivity contribution in [3.8, 4) is 0 Å². The van der Waals surface area contributed by atoms with E-state index in [9.17, 15) is 9.59 Å². The topological polar surface area (TPSA) is 54.4 Å². The van der Waals surface area contributed by atoms with Crippen LogP contribution in [0.3, 0.4) is 0 Å². The summed E-state index contributed by atoms with van der Waals surface area (Å²) in [5, 5.41) is 9.16. The van der Waals surface area contributed by atoms with Crippen molar-refractivity contribution in [2.24, 2.45) is 39.4 Å². The van der Waals surface area contributed by atoms with Gasteiger partial charge in [0.15, 0.2) is 0 Å². The fraction of sp³-hybridized carbons (Fsp3) is 0.800. The highest BCUT2D eigenvalue weighted by molar-refractivity contribution is 5.86. The van der Waals surface area contributed by atoms with Gasteiger partial charge in [-0.1, -0.05) is 58.8 Å². The molecule has 4 aliphatic rings. The van der Waals surface area contributed by atoms with Crippen molar-refractivity contribution < 1.29 is 14.7 Å².